The minimum absolute atomic E-state index is 0.0216. The molecule has 1 saturated heterocycles. The number of hydrogen-bond donors (Lipinski definition) is 3. The summed E-state index contributed by atoms with van der Waals surface area (Å²) in [6, 6.07) is 4.91. The molecule has 0 radical (unpaired) electrons. The average Bonchev–Trinajstić information content (AvgIpc) is 2.78. The van der Waals surface area contributed by atoms with Gasteiger partial charge < -0.3 is 15.5 Å². The van der Waals surface area contributed by atoms with Crippen LogP contribution in [0.5, 0.6) is 0 Å². The first kappa shape index (κ1) is 17.2. The number of amides is 3. The minimum Gasteiger partial charge on any atom is -0.341 e. The standard InChI is InChI=1S/C14H20N4O4S/c1-2-6-18-9-11(8-13(18)19)17-14(20)16-10-4-3-5-12(7-10)23(15,21)22/h3-5,7,11H,2,6,8-9H2,1H3,(H2,15,21,22)(H2,16,17,20)/t11-/m1/s1. The van der Waals surface area contributed by atoms with E-state index in [9.17, 15) is 18.0 Å². The second-order valence-electron chi connectivity index (χ2n) is 5.41. The average molecular weight is 340 g/mol. The molecule has 0 spiro atoms. The topological polar surface area (TPSA) is 122 Å². The van der Waals surface area contributed by atoms with Gasteiger partial charge in [-0.1, -0.05) is 13.0 Å². The number of urea groups is 1. The molecule has 126 valence electrons. The Hall–Kier alpha value is -2.13. The van der Waals surface area contributed by atoms with Gasteiger partial charge in [-0.3, -0.25) is 4.79 Å². The largest absolute Gasteiger partial charge is 0.341 e. The Kier molecular flexibility index (Phi) is 5.22. The third-order valence-corrected chi connectivity index (χ3v) is 4.37. The third-order valence-electron chi connectivity index (χ3n) is 3.46. The van der Waals surface area contributed by atoms with Crippen LogP contribution >= 0.6 is 0 Å². The van der Waals surface area contributed by atoms with E-state index in [1.807, 2.05) is 6.92 Å². The Bertz CT molecular complexity index is 704. The van der Waals surface area contributed by atoms with Gasteiger partial charge in [0.25, 0.3) is 0 Å². The summed E-state index contributed by atoms with van der Waals surface area (Å²) in [5, 5.41) is 10.3. The van der Waals surface area contributed by atoms with Crippen LogP contribution in [0.15, 0.2) is 29.2 Å². The van der Waals surface area contributed by atoms with Crippen molar-refractivity contribution in [3.05, 3.63) is 24.3 Å². The highest BCUT2D eigenvalue weighted by Crippen LogP contribution is 2.15. The number of nitrogens with two attached hydrogens (primary N) is 1. The second-order valence-corrected chi connectivity index (χ2v) is 6.97. The molecule has 0 saturated carbocycles. The molecule has 0 bridgehead atoms. The summed E-state index contributed by atoms with van der Waals surface area (Å²) in [7, 11) is -3.83. The van der Waals surface area contributed by atoms with E-state index in [0.29, 0.717) is 18.8 Å². The summed E-state index contributed by atoms with van der Waals surface area (Å²) >= 11 is 0. The van der Waals surface area contributed by atoms with Gasteiger partial charge >= 0.3 is 6.03 Å². The zero-order chi connectivity index (χ0) is 17.0. The summed E-state index contributed by atoms with van der Waals surface area (Å²) in [6.07, 6.45) is 1.13. The molecule has 9 heteroatoms. The van der Waals surface area contributed by atoms with Crippen LogP contribution in [0.2, 0.25) is 0 Å². The van der Waals surface area contributed by atoms with Crippen LogP contribution in [0.25, 0.3) is 0 Å². The lowest BCUT2D eigenvalue weighted by Gasteiger charge is -2.16. The SMILES string of the molecule is CCCN1C[C@H](NC(=O)Nc2cccc(S(N)(=O)=O)c2)CC1=O. The van der Waals surface area contributed by atoms with E-state index < -0.39 is 16.1 Å². The zero-order valence-electron chi connectivity index (χ0n) is 12.8. The van der Waals surface area contributed by atoms with Crippen molar-refractivity contribution < 1.29 is 18.0 Å². The molecular formula is C14H20N4O4S. The molecule has 8 nitrogen and oxygen atoms in total. The number of carbonyl (C=O) groups is 2. The van der Waals surface area contributed by atoms with Crippen LogP contribution in [-0.4, -0.2) is 44.4 Å². The zero-order valence-corrected chi connectivity index (χ0v) is 13.6. The molecule has 23 heavy (non-hydrogen) atoms. The van der Waals surface area contributed by atoms with Crippen molar-refractivity contribution in [3.63, 3.8) is 0 Å². The predicted octanol–water partition coefficient (Wildman–Crippen LogP) is 0.466. The quantitative estimate of drug-likeness (QED) is 0.721. The molecule has 1 aromatic rings. The van der Waals surface area contributed by atoms with Crippen molar-refractivity contribution in [3.8, 4) is 0 Å². The minimum atomic E-state index is -3.83. The number of benzene rings is 1. The predicted molar refractivity (Wildman–Crippen MR) is 85.2 cm³/mol. The van der Waals surface area contributed by atoms with E-state index in [4.69, 9.17) is 5.14 Å². The lowest BCUT2D eigenvalue weighted by Crippen LogP contribution is -2.39. The number of hydrogen-bond acceptors (Lipinski definition) is 4. The summed E-state index contributed by atoms with van der Waals surface area (Å²) in [4.78, 5) is 25.3. The highest BCUT2D eigenvalue weighted by atomic mass is 32.2. The second kappa shape index (κ2) is 6.97. The molecule has 2 rings (SSSR count). The molecule has 0 unspecified atom stereocenters. The van der Waals surface area contributed by atoms with E-state index in [1.165, 1.54) is 18.2 Å². The number of likely N-dealkylation sites (tertiary alicyclic amines) is 1. The summed E-state index contributed by atoms with van der Waals surface area (Å²) in [5.74, 6) is 0.0216. The summed E-state index contributed by atoms with van der Waals surface area (Å²) in [6.45, 7) is 3.14. The first-order chi connectivity index (χ1) is 10.8. The Balaban J connectivity index is 1.94. The van der Waals surface area contributed by atoms with Crippen molar-refractivity contribution in [2.75, 3.05) is 18.4 Å². The first-order valence-electron chi connectivity index (χ1n) is 7.27. The molecular weight excluding hydrogens is 320 g/mol. The number of nitrogens with zero attached hydrogens (tertiary/aromatic N) is 1. The number of primary sulfonamides is 1. The van der Waals surface area contributed by atoms with Gasteiger partial charge in [0.2, 0.25) is 15.9 Å². The third kappa shape index (κ3) is 4.67. The summed E-state index contributed by atoms with van der Waals surface area (Å²) in [5.41, 5.74) is 0.309. The fourth-order valence-corrected chi connectivity index (χ4v) is 3.02. The molecule has 1 aliphatic heterocycles. The Morgan fingerprint density at radius 3 is 2.83 bits per heavy atom. The highest BCUT2D eigenvalue weighted by Gasteiger charge is 2.29. The van der Waals surface area contributed by atoms with Crippen LogP contribution in [0.1, 0.15) is 19.8 Å². The fraction of sp³-hybridized carbons (Fsp3) is 0.429. The van der Waals surface area contributed by atoms with E-state index >= 15 is 0 Å². The van der Waals surface area contributed by atoms with Crippen LogP contribution in [0.3, 0.4) is 0 Å². The van der Waals surface area contributed by atoms with Gasteiger partial charge in [0, 0.05) is 25.2 Å². The molecule has 4 N–H and O–H groups in total. The lowest BCUT2D eigenvalue weighted by molar-refractivity contribution is -0.127. The molecule has 1 fully saturated rings. The number of rotatable bonds is 5. The first-order valence-corrected chi connectivity index (χ1v) is 8.82. The number of anilines is 1. The van der Waals surface area contributed by atoms with Crippen molar-refractivity contribution in [1.82, 2.24) is 10.2 Å². The molecule has 3 amide bonds. The Labute approximate surface area is 135 Å². The van der Waals surface area contributed by atoms with E-state index in [1.54, 1.807) is 11.0 Å². The number of sulfonamides is 1. The van der Waals surface area contributed by atoms with Crippen LogP contribution in [0, 0.1) is 0 Å². The smallest absolute Gasteiger partial charge is 0.319 e. The van der Waals surface area contributed by atoms with Crippen LogP contribution in [0.4, 0.5) is 10.5 Å². The Morgan fingerprint density at radius 1 is 1.43 bits per heavy atom. The Morgan fingerprint density at radius 2 is 2.17 bits per heavy atom. The van der Waals surface area contributed by atoms with Gasteiger partial charge in [0.05, 0.1) is 10.9 Å². The molecule has 1 aliphatic rings. The van der Waals surface area contributed by atoms with Crippen molar-refractivity contribution in [2.24, 2.45) is 5.14 Å². The maximum Gasteiger partial charge on any atom is 0.319 e. The van der Waals surface area contributed by atoms with E-state index in [2.05, 4.69) is 10.6 Å². The summed E-state index contributed by atoms with van der Waals surface area (Å²) < 4.78 is 22.6. The van der Waals surface area contributed by atoms with Gasteiger partial charge in [0.1, 0.15) is 0 Å². The van der Waals surface area contributed by atoms with E-state index in [-0.39, 0.29) is 23.3 Å². The maximum absolute atomic E-state index is 12.0. The van der Waals surface area contributed by atoms with Gasteiger partial charge in [-0.05, 0) is 24.6 Å². The lowest BCUT2D eigenvalue weighted by atomic mass is 10.2. The fourth-order valence-electron chi connectivity index (χ4n) is 2.46. The van der Waals surface area contributed by atoms with Gasteiger partial charge in [0.15, 0.2) is 0 Å². The van der Waals surface area contributed by atoms with Crippen molar-refractivity contribution >= 4 is 27.6 Å². The van der Waals surface area contributed by atoms with Crippen molar-refractivity contribution in [1.29, 1.82) is 0 Å². The van der Waals surface area contributed by atoms with E-state index in [0.717, 1.165) is 6.42 Å². The van der Waals surface area contributed by atoms with Crippen LogP contribution in [-0.2, 0) is 14.8 Å². The normalized spacial score (nSPS) is 18.1. The van der Waals surface area contributed by atoms with Gasteiger partial charge in [-0.25, -0.2) is 18.4 Å². The van der Waals surface area contributed by atoms with Crippen LogP contribution < -0.4 is 15.8 Å². The molecule has 1 aromatic carbocycles. The highest BCUT2D eigenvalue weighted by molar-refractivity contribution is 7.89. The molecule has 0 aliphatic carbocycles. The monoisotopic (exact) mass is 340 g/mol. The number of nitrogens with one attached hydrogen (secondary N) is 2. The molecule has 0 aromatic heterocycles. The maximum atomic E-state index is 12.0. The molecule has 1 heterocycles. The number of carbonyl (C=O) groups excluding carboxylic acids is 2. The van der Waals surface area contributed by atoms with Gasteiger partial charge in [-0.15, -0.1) is 0 Å². The van der Waals surface area contributed by atoms with Crippen molar-refractivity contribution in [2.45, 2.75) is 30.7 Å². The van der Waals surface area contributed by atoms with Gasteiger partial charge in [-0.2, -0.15) is 0 Å². The molecule has 1 atom stereocenters.